The zero-order valence-corrected chi connectivity index (χ0v) is 8.84. The number of nitrogens with zero attached hydrogens (tertiary/aromatic N) is 2. The van der Waals surface area contributed by atoms with Gasteiger partial charge in [0.1, 0.15) is 11.0 Å². The average Bonchev–Trinajstić information content (AvgIpc) is 2.87. The van der Waals surface area contributed by atoms with Gasteiger partial charge >= 0.3 is 0 Å². The largest absolute Gasteiger partial charge is 0.372 e. The van der Waals surface area contributed by atoms with Gasteiger partial charge in [-0.15, -0.1) is 0 Å². The van der Waals surface area contributed by atoms with Crippen molar-refractivity contribution in [2.45, 2.75) is 6.42 Å². The second kappa shape index (κ2) is 3.51. The van der Waals surface area contributed by atoms with Crippen LogP contribution in [0.1, 0.15) is 5.56 Å². The molecule has 0 radical (unpaired) electrons. The smallest absolute Gasteiger partial charge is 0.108 e. The van der Waals surface area contributed by atoms with Crippen molar-refractivity contribution < 1.29 is 0 Å². The lowest BCUT2D eigenvalue weighted by Gasteiger charge is -2.03. The van der Waals surface area contributed by atoms with Gasteiger partial charge in [-0.2, -0.15) is 8.75 Å². The van der Waals surface area contributed by atoms with E-state index in [9.17, 15) is 0 Å². The van der Waals surface area contributed by atoms with Gasteiger partial charge in [-0.25, -0.2) is 0 Å². The van der Waals surface area contributed by atoms with Crippen LogP contribution in [-0.4, -0.2) is 15.4 Å². The minimum atomic E-state index is 0.820. The van der Waals surface area contributed by atoms with Crippen LogP contribution in [0.2, 0.25) is 0 Å². The molecule has 0 atom stereocenters. The predicted molar refractivity (Wildman–Crippen MR) is 60.3 cm³/mol. The fraction of sp³-hybridized carbons (Fsp3) is 0.200. The molecule has 3 rings (SSSR count). The SMILES string of the molecule is C1=C(Cc2cccc3nsnc23)NCN1. The van der Waals surface area contributed by atoms with Gasteiger partial charge < -0.3 is 10.6 Å². The minimum Gasteiger partial charge on any atom is -0.372 e. The standard InChI is InChI=1S/C10H10N4S/c1-2-7(4-8-5-11-6-12-8)10-9(3-1)13-15-14-10/h1-3,5,11-12H,4,6H2. The first kappa shape index (κ1) is 8.67. The molecule has 0 unspecified atom stereocenters. The van der Waals surface area contributed by atoms with Gasteiger partial charge in [-0.1, -0.05) is 12.1 Å². The summed E-state index contributed by atoms with van der Waals surface area (Å²) >= 11 is 1.27. The van der Waals surface area contributed by atoms with E-state index in [2.05, 4.69) is 25.4 Å². The van der Waals surface area contributed by atoms with E-state index in [0.717, 1.165) is 24.1 Å². The van der Waals surface area contributed by atoms with Crippen LogP contribution in [0.15, 0.2) is 30.1 Å². The summed E-state index contributed by atoms with van der Waals surface area (Å²) in [5.74, 6) is 0. The summed E-state index contributed by atoms with van der Waals surface area (Å²) in [6.45, 7) is 0.820. The lowest BCUT2D eigenvalue weighted by Crippen LogP contribution is -2.15. The average molecular weight is 218 g/mol. The molecule has 0 aliphatic carbocycles. The second-order valence-electron chi connectivity index (χ2n) is 3.45. The molecule has 0 bridgehead atoms. The first-order chi connectivity index (χ1) is 7.43. The molecule has 0 fully saturated rings. The third-order valence-electron chi connectivity index (χ3n) is 2.44. The highest BCUT2D eigenvalue weighted by molar-refractivity contribution is 7.00. The van der Waals surface area contributed by atoms with Crippen LogP contribution < -0.4 is 10.6 Å². The van der Waals surface area contributed by atoms with Crippen molar-refractivity contribution in [1.29, 1.82) is 0 Å². The van der Waals surface area contributed by atoms with Gasteiger partial charge in [0.2, 0.25) is 0 Å². The normalized spacial score (nSPS) is 14.8. The monoisotopic (exact) mass is 218 g/mol. The Labute approximate surface area is 91.3 Å². The Morgan fingerprint density at radius 2 is 2.33 bits per heavy atom. The summed E-state index contributed by atoms with van der Waals surface area (Å²) in [6.07, 6.45) is 2.90. The molecule has 0 saturated heterocycles. The zero-order valence-electron chi connectivity index (χ0n) is 8.03. The summed E-state index contributed by atoms with van der Waals surface area (Å²) < 4.78 is 8.54. The lowest BCUT2D eigenvalue weighted by molar-refractivity contribution is 0.798. The quantitative estimate of drug-likeness (QED) is 0.796. The number of hydrogen-bond acceptors (Lipinski definition) is 5. The fourth-order valence-electron chi connectivity index (χ4n) is 1.71. The third kappa shape index (κ3) is 1.55. The fourth-order valence-corrected chi connectivity index (χ4v) is 2.28. The Balaban J connectivity index is 1.99. The van der Waals surface area contributed by atoms with Gasteiger partial charge in [-0.05, 0) is 11.6 Å². The molecule has 0 amide bonds. The van der Waals surface area contributed by atoms with Crippen LogP contribution in [-0.2, 0) is 6.42 Å². The van der Waals surface area contributed by atoms with E-state index in [0.29, 0.717) is 0 Å². The van der Waals surface area contributed by atoms with Gasteiger partial charge in [0.15, 0.2) is 0 Å². The molecule has 76 valence electrons. The van der Waals surface area contributed by atoms with Crippen LogP contribution in [0.4, 0.5) is 0 Å². The van der Waals surface area contributed by atoms with Crippen LogP contribution in [0.3, 0.4) is 0 Å². The zero-order chi connectivity index (χ0) is 10.1. The lowest BCUT2D eigenvalue weighted by atomic mass is 10.1. The van der Waals surface area contributed by atoms with E-state index in [1.807, 2.05) is 18.3 Å². The van der Waals surface area contributed by atoms with Crippen molar-refractivity contribution in [3.05, 3.63) is 35.7 Å². The van der Waals surface area contributed by atoms with Gasteiger partial charge in [-0.3, -0.25) is 0 Å². The molecule has 15 heavy (non-hydrogen) atoms. The highest BCUT2D eigenvalue weighted by Crippen LogP contribution is 2.18. The Morgan fingerprint density at radius 1 is 1.33 bits per heavy atom. The summed E-state index contributed by atoms with van der Waals surface area (Å²) in [7, 11) is 0. The second-order valence-corrected chi connectivity index (χ2v) is 3.98. The minimum absolute atomic E-state index is 0.820. The molecule has 2 N–H and O–H groups in total. The molecule has 1 aromatic heterocycles. The van der Waals surface area contributed by atoms with E-state index < -0.39 is 0 Å². The molecule has 0 saturated carbocycles. The Hall–Kier alpha value is -1.62. The molecule has 5 heteroatoms. The number of benzene rings is 1. The molecular formula is C10H10N4S. The Morgan fingerprint density at radius 3 is 3.20 bits per heavy atom. The molecule has 1 aliphatic heterocycles. The van der Waals surface area contributed by atoms with Crippen LogP contribution in [0, 0.1) is 0 Å². The molecule has 1 aromatic carbocycles. The van der Waals surface area contributed by atoms with Crippen molar-refractivity contribution in [3.63, 3.8) is 0 Å². The van der Waals surface area contributed by atoms with Crippen LogP contribution >= 0.6 is 11.7 Å². The number of aromatic nitrogens is 2. The highest BCUT2D eigenvalue weighted by atomic mass is 32.1. The number of rotatable bonds is 2. The van der Waals surface area contributed by atoms with Gasteiger partial charge in [0, 0.05) is 18.3 Å². The van der Waals surface area contributed by atoms with E-state index in [1.165, 1.54) is 23.0 Å². The number of nitrogens with one attached hydrogen (secondary N) is 2. The maximum Gasteiger partial charge on any atom is 0.108 e. The molecular weight excluding hydrogens is 208 g/mol. The Bertz CT molecular complexity index is 517. The molecule has 2 heterocycles. The van der Waals surface area contributed by atoms with E-state index in [1.54, 1.807) is 0 Å². The van der Waals surface area contributed by atoms with Crippen molar-refractivity contribution >= 4 is 22.8 Å². The van der Waals surface area contributed by atoms with Crippen LogP contribution in [0.25, 0.3) is 11.0 Å². The number of fused-ring (bicyclic) bond motifs is 1. The maximum absolute atomic E-state index is 4.32. The summed E-state index contributed by atoms with van der Waals surface area (Å²) in [4.78, 5) is 0. The van der Waals surface area contributed by atoms with Crippen molar-refractivity contribution in [3.8, 4) is 0 Å². The van der Waals surface area contributed by atoms with Crippen molar-refractivity contribution in [1.82, 2.24) is 19.4 Å². The Kier molecular flexibility index (Phi) is 2.03. The summed E-state index contributed by atoms with van der Waals surface area (Å²) in [5.41, 5.74) is 4.44. The first-order valence-electron chi connectivity index (χ1n) is 4.80. The van der Waals surface area contributed by atoms with Gasteiger partial charge in [0.25, 0.3) is 0 Å². The molecule has 0 spiro atoms. The maximum atomic E-state index is 4.32. The summed E-state index contributed by atoms with van der Waals surface area (Å²) in [5, 5.41) is 6.40. The van der Waals surface area contributed by atoms with Crippen molar-refractivity contribution in [2.24, 2.45) is 0 Å². The van der Waals surface area contributed by atoms with Crippen LogP contribution in [0.5, 0.6) is 0 Å². The van der Waals surface area contributed by atoms with E-state index >= 15 is 0 Å². The number of hydrogen-bond donors (Lipinski definition) is 2. The molecule has 1 aliphatic rings. The van der Waals surface area contributed by atoms with E-state index in [-0.39, 0.29) is 0 Å². The first-order valence-corrected chi connectivity index (χ1v) is 5.53. The third-order valence-corrected chi connectivity index (χ3v) is 2.99. The topological polar surface area (TPSA) is 49.8 Å². The molecule has 2 aromatic rings. The predicted octanol–water partition coefficient (Wildman–Crippen LogP) is 1.23. The summed E-state index contributed by atoms with van der Waals surface area (Å²) in [6, 6.07) is 6.13. The highest BCUT2D eigenvalue weighted by Gasteiger charge is 2.08. The van der Waals surface area contributed by atoms with E-state index in [4.69, 9.17) is 0 Å². The molecule has 4 nitrogen and oxygen atoms in total. The van der Waals surface area contributed by atoms with Crippen molar-refractivity contribution in [2.75, 3.05) is 6.67 Å². The number of allylic oxidation sites excluding steroid dienone is 1. The van der Waals surface area contributed by atoms with Gasteiger partial charge in [0.05, 0.1) is 18.4 Å².